The zero-order chi connectivity index (χ0) is 20.2. The first-order chi connectivity index (χ1) is 13.2. The molecule has 4 rings (SSSR count). The Labute approximate surface area is 158 Å². The number of aromatic nitrogens is 2. The van der Waals surface area contributed by atoms with Crippen LogP contribution in [0.25, 0.3) is 16.9 Å². The van der Waals surface area contributed by atoms with Crippen LogP contribution in [-0.2, 0) is 6.18 Å². The summed E-state index contributed by atoms with van der Waals surface area (Å²) < 4.78 is 39.4. The van der Waals surface area contributed by atoms with E-state index in [0.29, 0.717) is 16.9 Å². The quantitative estimate of drug-likeness (QED) is 0.636. The molecule has 0 spiro atoms. The van der Waals surface area contributed by atoms with Gasteiger partial charge in [-0.25, -0.2) is 4.98 Å². The van der Waals surface area contributed by atoms with E-state index in [1.54, 1.807) is 0 Å². The summed E-state index contributed by atoms with van der Waals surface area (Å²) >= 11 is 0.456. The van der Waals surface area contributed by atoms with Crippen LogP contribution in [0.15, 0.2) is 40.5 Å². The number of pyridine rings is 1. The van der Waals surface area contributed by atoms with E-state index in [-0.39, 0.29) is 28.3 Å². The van der Waals surface area contributed by atoms with Gasteiger partial charge >= 0.3 is 6.18 Å². The van der Waals surface area contributed by atoms with Crippen molar-refractivity contribution in [3.8, 4) is 16.9 Å². The average molecular weight is 406 g/mol. The minimum Gasteiger partial charge on any atom is -0.384 e. The fourth-order valence-electron chi connectivity index (χ4n) is 2.89. The van der Waals surface area contributed by atoms with Gasteiger partial charge in [0.15, 0.2) is 5.01 Å². The molecular weight excluding hydrogens is 397 g/mol. The van der Waals surface area contributed by atoms with Gasteiger partial charge in [-0.05, 0) is 12.1 Å². The van der Waals surface area contributed by atoms with Crippen LogP contribution in [0.5, 0.6) is 0 Å². The lowest BCUT2D eigenvalue weighted by molar-refractivity contribution is -0.137. The van der Waals surface area contributed by atoms with Gasteiger partial charge in [-0.1, -0.05) is 12.1 Å². The first kappa shape index (κ1) is 17.9. The third kappa shape index (κ3) is 2.76. The van der Waals surface area contributed by atoms with Crippen molar-refractivity contribution in [2.24, 2.45) is 0 Å². The van der Waals surface area contributed by atoms with E-state index in [2.05, 4.69) is 10.3 Å². The van der Waals surface area contributed by atoms with Crippen LogP contribution in [0, 0.1) is 0 Å². The molecule has 2 aromatic heterocycles. The molecule has 3 heterocycles. The summed E-state index contributed by atoms with van der Waals surface area (Å²) in [5, 5.41) is 2.32. The lowest BCUT2D eigenvalue weighted by Crippen LogP contribution is -2.24. The van der Waals surface area contributed by atoms with Crippen LogP contribution in [0.4, 0.5) is 19.0 Å². The van der Waals surface area contributed by atoms with Crippen LogP contribution in [-0.4, -0.2) is 21.4 Å². The molecular formula is C17H9F3N4O3S. The number of nitrogens with one attached hydrogen (secondary N) is 1. The lowest BCUT2D eigenvalue weighted by Gasteiger charge is -2.12. The largest absolute Gasteiger partial charge is 0.443 e. The normalized spacial score (nSPS) is 13.5. The van der Waals surface area contributed by atoms with Gasteiger partial charge in [0.25, 0.3) is 17.4 Å². The van der Waals surface area contributed by atoms with E-state index >= 15 is 0 Å². The van der Waals surface area contributed by atoms with Crippen molar-refractivity contribution < 1.29 is 22.8 Å². The summed E-state index contributed by atoms with van der Waals surface area (Å²) in [5.74, 6) is -1.68. The summed E-state index contributed by atoms with van der Waals surface area (Å²) in [4.78, 5) is 39.7. The molecule has 0 saturated heterocycles. The summed E-state index contributed by atoms with van der Waals surface area (Å²) in [6.07, 6.45) is -4.55. The number of hydrogen-bond donors (Lipinski definition) is 2. The van der Waals surface area contributed by atoms with Gasteiger partial charge in [0.05, 0.1) is 22.5 Å². The van der Waals surface area contributed by atoms with Gasteiger partial charge in [0.1, 0.15) is 5.82 Å². The third-order valence-electron chi connectivity index (χ3n) is 4.10. The SMILES string of the molecule is Nc1c2c(cc(=O)n1-c1cccc(-c3csc(C(F)(F)F)n3)c1)C(=O)NC2=O. The number of alkyl halides is 3. The summed E-state index contributed by atoms with van der Waals surface area (Å²) in [6, 6.07) is 6.96. The van der Waals surface area contributed by atoms with Crippen molar-refractivity contribution >= 4 is 29.0 Å². The van der Waals surface area contributed by atoms with Crippen molar-refractivity contribution in [3.63, 3.8) is 0 Å². The lowest BCUT2D eigenvalue weighted by atomic mass is 10.1. The number of amides is 2. The molecule has 28 heavy (non-hydrogen) atoms. The topological polar surface area (TPSA) is 107 Å². The molecule has 2 amide bonds. The number of carbonyl (C=O) groups is 2. The second-order valence-electron chi connectivity index (χ2n) is 5.86. The molecule has 0 radical (unpaired) electrons. The van der Waals surface area contributed by atoms with Crippen LogP contribution >= 0.6 is 11.3 Å². The van der Waals surface area contributed by atoms with Gasteiger partial charge in [0, 0.05) is 17.0 Å². The number of nitrogens with zero attached hydrogens (tertiary/aromatic N) is 2. The van der Waals surface area contributed by atoms with Gasteiger partial charge in [-0.2, -0.15) is 13.2 Å². The molecule has 11 heteroatoms. The monoisotopic (exact) mass is 406 g/mol. The number of halogens is 3. The fourth-order valence-corrected chi connectivity index (χ4v) is 3.58. The van der Waals surface area contributed by atoms with Gasteiger partial charge < -0.3 is 5.73 Å². The van der Waals surface area contributed by atoms with Crippen molar-refractivity contribution in [1.82, 2.24) is 14.9 Å². The zero-order valence-electron chi connectivity index (χ0n) is 13.7. The molecule has 1 aliphatic heterocycles. The summed E-state index contributed by atoms with van der Waals surface area (Å²) in [5.41, 5.74) is 5.69. The molecule has 142 valence electrons. The summed E-state index contributed by atoms with van der Waals surface area (Å²) in [6.45, 7) is 0. The molecule has 0 fully saturated rings. The smallest absolute Gasteiger partial charge is 0.384 e. The Morgan fingerprint density at radius 3 is 2.54 bits per heavy atom. The van der Waals surface area contributed by atoms with E-state index in [4.69, 9.17) is 5.73 Å². The van der Waals surface area contributed by atoms with E-state index in [0.717, 1.165) is 10.6 Å². The van der Waals surface area contributed by atoms with E-state index in [1.807, 2.05) is 0 Å². The number of carbonyl (C=O) groups excluding carboxylic acids is 2. The molecule has 0 unspecified atom stereocenters. The Morgan fingerprint density at radius 1 is 1.11 bits per heavy atom. The number of anilines is 1. The van der Waals surface area contributed by atoms with Crippen molar-refractivity contribution in [1.29, 1.82) is 0 Å². The molecule has 0 aliphatic carbocycles. The number of imide groups is 1. The molecule has 7 nitrogen and oxygen atoms in total. The van der Waals surface area contributed by atoms with Crippen molar-refractivity contribution in [2.45, 2.75) is 6.18 Å². The Kier molecular flexibility index (Phi) is 3.85. The maximum atomic E-state index is 12.8. The molecule has 3 aromatic rings. The Morgan fingerprint density at radius 2 is 1.86 bits per heavy atom. The maximum absolute atomic E-state index is 12.8. The zero-order valence-corrected chi connectivity index (χ0v) is 14.5. The number of benzene rings is 1. The van der Waals surface area contributed by atoms with E-state index < -0.39 is 28.6 Å². The molecule has 0 atom stereocenters. The standard InChI is InChI=1S/C17H9F3N4O3S/c18-17(19,20)16-22-10(6-28-16)7-2-1-3-8(4-7)24-11(25)5-9-12(13(24)21)15(27)23-14(9)26/h1-6H,21H2,(H,23,26,27). The van der Waals surface area contributed by atoms with Crippen LogP contribution < -0.4 is 16.6 Å². The Balaban J connectivity index is 1.85. The van der Waals surface area contributed by atoms with E-state index in [9.17, 15) is 27.6 Å². The van der Waals surface area contributed by atoms with Crippen molar-refractivity contribution in [2.75, 3.05) is 5.73 Å². The predicted octanol–water partition coefficient (Wildman–Crippen LogP) is 2.45. The molecule has 1 aliphatic rings. The predicted molar refractivity (Wildman–Crippen MR) is 94.4 cm³/mol. The molecule has 0 saturated carbocycles. The Bertz CT molecular complexity index is 1210. The number of fused-ring (bicyclic) bond motifs is 1. The van der Waals surface area contributed by atoms with Crippen LogP contribution in [0.1, 0.15) is 25.7 Å². The highest BCUT2D eigenvalue weighted by Crippen LogP contribution is 2.34. The third-order valence-corrected chi connectivity index (χ3v) is 4.99. The van der Waals surface area contributed by atoms with Crippen LogP contribution in [0.2, 0.25) is 0 Å². The number of nitrogen functional groups attached to an aromatic ring is 1. The van der Waals surface area contributed by atoms with Gasteiger partial charge in [-0.15, -0.1) is 11.3 Å². The first-order valence-electron chi connectivity index (χ1n) is 7.71. The fraction of sp³-hybridized carbons (Fsp3) is 0.0588. The minimum atomic E-state index is -4.55. The number of nitrogens with two attached hydrogens (primary N) is 1. The Hall–Kier alpha value is -3.47. The minimum absolute atomic E-state index is 0.0832. The average Bonchev–Trinajstić information content (AvgIpc) is 3.21. The van der Waals surface area contributed by atoms with Gasteiger partial charge in [0.2, 0.25) is 0 Å². The second-order valence-corrected chi connectivity index (χ2v) is 6.72. The molecule has 3 N–H and O–H groups in total. The number of thiazole rings is 1. The van der Waals surface area contributed by atoms with E-state index in [1.165, 1.54) is 29.6 Å². The van der Waals surface area contributed by atoms with Crippen LogP contribution in [0.3, 0.4) is 0 Å². The number of rotatable bonds is 2. The first-order valence-corrected chi connectivity index (χ1v) is 8.59. The maximum Gasteiger partial charge on any atom is 0.443 e. The van der Waals surface area contributed by atoms with Crippen molar-refractivity contribution in [3.05, 3.63) is 62.2 Å². The molecule has 0 bridgehead atoms. The molecule has 1 aromatic carbocycles. The number of hydrogen-bond acceptors (Lipinski definition) is 6. The highest BCUT2D eigenvalue weighted by atomic mass is 32.1. The second kappa shape index (κ2) is 6.02. The van der Waals surface area contributed by atoms with Gasteiger partial charge in [-0.3, -0.25) is 24.3 Å². The highest BCUT2D eigenvalue weighted by molar-refractivity contribution is 7.10. The highest BCUT2D eigenvalue weighted by Gasteiger charge is 2.35. The summed E-state index contributed by atoms with van der Waals surface area (Å²) in [7, 11) is 0.